The Bertz CT molecular complexity index is 581. The Kier molecular flexibility index (Phi) is 4.25. The highest BCUT2D eigenvalue weighted by atomic mass is 16.5. The van der Waals surface area contributed by atoms with Gasteiger partial charge in [-0.05, 0) is 31.4 Å². The summed E-state index contributed by atoms with van der Waals surface area (Å²) in [6, 6.07) is 5.76. The SMILES string of the molecule is CN(CC(=O)N1CCO[C@@H]2CCC[C@H]21)c1ccc(C#N)cn1. The van der Waals surface area contributed by atoms with Crippen LogP contribution in [0.15, 0.2) is 18.3 Å². The standard InChI is InChI=1S/C16H20N4O2/c1-19(15-6-5-12(9-17)10-18-15)11-16(21)20-7-8-22-14-4-2-3-13(14)20/h5-6,10,13-14H,2-4,7-8,11H2,1H3/t13-,14-/m1/s1. The summed E-state index contributed by atoms with van der Waals surface area (Å²) < 4.78 is 5.75. The van der Waals surface area contributed by atoms with E-state index in [9.17, 15) is 4.79 Å². The first-order valence-electron chi connectivity index (χ1n) is 7.67. The minimum absolute atomic E-state index is 0.119. The van der Waals surface area contributed by atoms with E-state index in [1.165, 1.54) is 6.20 Å². The second kappa shape index (κ2) is 6.32. The lowest BCUT2D eigenvalue weighted by Gasteiger charge is -2.38. The highest BCUT2D eigenvalue weighted by Crippen LogP contribution is 2.29. The Morgan fingerprint density at radius 1 is 1.55 bits per heavy atom. The number of likely N-dealkylation sites (N-methyl/N-ethyl adjacent to an activating group) is 1. The summed E-state index contributed by atoms with van der Waals surface area (Å²) in [5, 5.41) is 8.79. The van der Waals surface area contributed by atoms with Gasteiger partial charge in [0, 0.05) is 19.8 Å². The fourth-order valence-electron chi connectivity index (χ4n) is 3.29. The molecule has 3 rings (SSSR count). The lowest BCUT2D eigenvalue weighted by molar-refractivity contribution is -0.142. The molecule has 6 nitrogen and oxygen atoms in total. The summed E-state index contributed by atoms with van der Waals surface area (Å²) in [5.41, 5.74) is 0.519. The van der Waals surface area contributed by atoms with Crippen molar-refractivity contribution in [1.29, 1.82) is 5.26 Å². The molecule has 0 N–H and O–H groups in total. The predicted molar refractivity (Wildman–Crippen MR) is 81.3 cm³/mol. The third-order valence-corrected chi connectivity index (χ3v) is 4.44. The molecule has 2 heterocycles. The van der Waals surface area contributed by atoms with E-state index >= 15 is 0 Å². The Labute approximate surface area is 130 Å². The highest BCUT2D eigenvalue weighted by molar-refractivity contribution is 5.81. The van der Waals surface area contributed by atoms with Crippen LogP contribution >= 0.6 is 0 Å². The van der Waals surface area contributed by atoms with Gasteiger partial charge in [-0.1, -0.05) is 0 Å². The number of fused-ring (bicyclic) bond motifs is 1. The van der Waals surface area contributed by atoms with Crippen molar-refractivity contribution in [3.63, 3.8) is 0 Å². The minimum atomic E-state index is 0.119. The minimum Gasteiger partial charge on any atom is -0.374 e. The number of hydrogen-bond donors (Lipinski definition) is 0. The largest absolute Gasteiger partial charge is 0.374 e. The molecule has 2 fully saturated rings. The fourth-order valence-corrected chi connectivity index (χ4v) is 3.29. The number of hydrogen-bond acceptors (Lipinski definition) is 5. The molecule has 1 saturated carbocycles. The zero-order chi connectivity index (χ0) is 15.5. The lowest BCUT2D eigenvalue weighted by Crippen LogP contribution is -2.53. The number of ether oxygens (including phenoxy) is 1. The van der Waals surface area contributed by atoms with Gasteiger partial charge in [0.05, 0.1) is 30.9 Å². The van der Waals surface area contributed by atoms with Gasteiger partial charge < -0.3 is 14.5 Å². The topological polar surface area (TPSA) is 69.5 Å². The number of carbonyl (C=O) groups is 1. The van der Waals surface area contributed by atoms with Crippen LogP contribution in [0, 0.1) is 11.3 Å². The van der Waals surface area contributed by atoms with E-state index in [4.69, 9.17) is 10.00 Å². The summed E-state index contributed by atoms with van der Waals surface area (Å²) in [6.07, 6.45) is 4.97. The van der Waals surface area contributed by atoms with Crippen LogP contribution in [0.25, 0.3) is 0 Å². The molecule has 1 aromatic rings. The number of anilines is 1. The Morgan fingerprint density at radius 3 is 3.14 bits per heavy atom. The van der Waals surface area contributed by atoms with Crippen LogP contribution in [0.2, 0.25) is 0 Å². The quantitative estimate of drug-likeness (QED) is 0.838. The molecule has 0 spiro atoms. The van der Waals surface area contributed by atoms with Gasteiger partial charge in [-0.3, -0.25) is 4.79 Å². The molecule has 2 aliphatic rings. The van der Waals surface area contributed by atoms with Gasteiger partial charge in [0.15, 0.2) is 0 Å². The van der Waals surface area contributed by atoms with E-state index in [0.717, 1.165) is 19.3 Å². The first-order chi connectivity index (χ1) is 10.7. The molecule has 1 amide bonds. The van der Waals surface area contributed by atoms with Crippen molar-refractivity contribution in [2.75, 3.05) is 31.6 Å². The Balaban J connectivity index is 1.64. The van der Waals surface area contributed by atoms with Crippen molar-refractivity contribution >= 4 is 11.7 Å². The molecule has 0 unspecified atom stereocenters. The van der Waals surface area contributed by atoms with Crippen LogP contribution in [0.3, 0.4) is 0 Å². The summed E-state index contributed by atoms with van der Waals surface area (Å²) in [7, 11) is 1.85. The number of nitriles is 1. The zero-order valence-electron chi connectivity index (χ0n) is 12.7. The van der Waals surface area contributed by atoms with Gasteiger partial charge in [-0.2, -0.15) is 5.26 Å². The summed E-state index contributed by atoms with van der Waals surface area (Å²) >= 11 is 0. The predicted octanol–water partition coefficient (Wildman–Crippen LogP) is 1.17. The van der Waals surface area contributed by atoms with Crippen molar-refractivity contribution in [2.24, 2.45) is 0 Å². The fraction of sp³-hybridized carbons (Fsp3) is 0.562. The van der Waals surface area contributed by atoms with Gasteiger partial charge in [0.25, 0.3) is 0 Å². The average molecular weight is 300 g/mol. The molecular weight excluding hydrogens is 280 g/mol. The molecule has 116 valence electrons. The van der Waals surface area contributed by atoms with Crippen LogP contribution in [0.5, 0.6) is 0 Å². The van der Waals surface area contributed by atoms with Crippen LogP contribution in [0.4, 0.5) is 5.82 Å². The maximum atomic E-state index is 12.6. The maximum Gasteiger partial charge on any atom is 0.242 e. The zero-order valence-corrected chi connectivity index (χ0v) is 12.7. The Hall–Kier alpha value is -2.13. The normalized spacial score (nSPS) is 23.7. The number of nitrogens with zero attached hydrogens (tertiary/aromatic N) is 4. The second-order valence-electron chi connectivity index (χ2n) is 5.87. The lowest BCUT2D eigenvalue weighted by atomic mass is 10.1. The number of amides is 1. The van der Waals surface area contributed by atoms with Gasteiger partial charge >= 0.3 is 0 Å². The van der Waals surface area contributed by atoms with E-state index in [0.29, 0.717) is 31.1 Å². The molecule has 1 aliphatic carbocycles. The Morgan fingerprint density at radius 2 is 2.41 bits per heavy atom. The number of morpholine rings is 1. The summed E-state index contributed by atoms with van der Waals surface area (Å²) in [4.78, 5) is 20.6. The van der Waals surface area contributed by atoms with Gasteiger partial charge in [0.1, 0.15) is 11.9 Å². The second-order valence-corrected chi connectivity index (χ2v) is 5.87. The van der Waals surface area contributed by atoms with E-state index in [2.05, 4.69) is 4.98 Å². The highest BCUT2D eigenvalue weighted by Gasteiger charge is 2.38. The molecule has 0 aromatic carbocycles. The van der Waals surface area contributed by atoms with Crippen molar-refractivity contribution < 1.29 is 9.53 Å². The molecule has 0 radical (unpaired) electrons. The first kappa shape index (κ1) is 14.8. The molecule has 1 saturated heterocycles. The molecule has 1 aliphatic heterocycles. The van der Waals surface area contributed by atoms with Crippen LogP contribution in [0.1, 0.15) is 24.8 Å². The van der Waals surface area contributed by atoms with Gasteiger partial charge in [-0.25, -0.2) is 4.98 Å². The van der Waals surface area contributed by atoms with Gasteiger partial charge in [-0.15, -0.1) is 0 Å². The van der Waals surface area contributed by atoms with Crippen LogP contribution < -0.4 is 4.90 Å². The summed E-state index contributed by atoms with van der Waals surface area (Å²) in [5.74, 6) is 0.817. The maximum absolute atomic E-state index is 12.6. The number of rotatable bonds is 3. The third-order valence-electron chi connectivity index (χ3n) is 4.44. The van der Waals surface area contributed by atoms with Crippen molar-refractivity contribution in [2.45, 2.75) is 31.4 Å². The molecule has 2 atom stereocenters. The summed E-state index contributed by atoms with van der Waals surface area (Å²) in [6.45, 7) is 1.60. The average Bonchev–Trinajstić information content (AvgIpc) is 3.03. The van der Waals surface area contributed by atoms with E-state index < -0.39 is 0 Å². The molecule has 6 heteroatoms. The monoisotopic (exact) mass is 300 g/mol. The first-order valence-corrected chi connectivity index (χ1v) is 7.67. The molecular formula is C16H20N4O2. The smallest absolute Gasteiger partial charge is 0.242 e. The van der Waals surface area contributed by atoms with Gasteiger partial charge in [0.2, 0.25) is 5.91 Å². The van der Waals surface area contributed by atoms with E-state index in [1.807, 2.05) is 22.9 Å². The van der Waals surface area contributed by atoms with E-state index in [1.54, 1.807) is 12.1 Å². The number of pyridine rings is 1. The molecule has 1 aromatic heterocycles. The number of carbonyl (C=O) groups excluding carboxylic acids is 1. The van der Waals surface area contributed by atoms with Crippen molar-refractivity contribution in [1.82, 2.24) is 9.88 Å². The van der Waals surface area contributed by atoms with Crippen molar-refractivity contribution in [3.05, 3.63) is 23.9 Å². The van der Waals surface area contributed by atoms with Crippen LogP contribution in [-0.4, -0.2) is 54.7 Å². The number of aromatic nitrogens is 1. The third kappa shape index (κ3) is 2.90. The molecule has 0 bridgehead atoms. The van der Waals surface area contributed by atoms with E-state index in [-0.39, 0.29) is 18.1 Å². The molecule has 22 heavy (non-hydrogen) atoms. The van der Waals surface area contributed by atoms with Crippen molar-refractivity contribution in [3.8, 4) is 6.07 Å². The van der Waals surface area contributed by atoms with Crippen LogP contribution in [-0.2, 0) is 9.53 Å².